The summed E-state index contributed by atoms with van der Waals surface area (Å²) >= 11 is 12.4. The van der Waals surface area contributed by atoms with Crippen LogP contribution in [0.15, 0.2) is 83.7 Å². The van der Waals surface area contributed by atoms with Gasteiger partial charge in [-0.25, -0.2) is 4.79 Å². The van der Waals surface area contributed by atoms with Gasteiger partial charge in [0.1, 0.15) is 5.60 Å². The molecular weight excluding hydrogens is 531 g/mol. The molecule has 0 aliphatic carbocycles. The monoisotopic (exact) mass is 560 g/mol. The van der Waals surface area contributed by atoms with Crippen molar-refractivity contribution in [1.82, 2.24) is 9.88 Å². The molecule has 0 fully saturated rings. The lowest BCUT2D eigenvalue weighted by Gasteiger charge is -2.30. The Morgan fingerprint density at radius 3 is 2.03 bits per heavy atom. The van der Waals surface area contributed by atoms with Gasteiger partial charge in [0.2, 0.25) is 5.56 Å². The molecule has 0 saturated carbocycles. The smallest absolute Gasteiger partial charge is 0.410 e. The molecule has 1 amide bonds. The molecule has 0 atom stereocenters. The molecule has 3 aromatic carbocycles. The summed E-state index contributed by atoms with van der Waals surface area (Å²) < 4.78 is 5.53. The van der Waals surface area contributed by atoms with Crippen molar-refractivity contribution in [3.8, 4) is 0 Å². The fourth-order valence-corrected chi connectivity index (χ4v) is 5.26. The van der Waals surface area contributed by atoms with E-state index in [1.807, 2.05) is 81.4 Å². The van der Waals surface area contributed by atoms with Crippen LogP contribution in [0, 0.1) is 0 Å². The SMILES string of the molecule is CC(C)(C)OC(=O)N1CC=C(c2cc(=O)[nH]c3ccc(C(c4ccc(Cl)cc4)c4ccc(Cl)cc4)cc23)CC1. The molecule has 0 spiro atoms. The van der Waals surface area contributed by atoms with Crippen LogP contribution in [0.3, 0.4) is 0 Å². The number of carbonyl (C=O) groups is 1. The average Bonchev–Trinajstić information content (AvgIpc) is 2.90. The van der Waals surface area contributed by atoms with E-state index < -0.39 is 5.60 Å². The molecule has 0 saturated heterocycles. The van der Waals surface area contributed by atoms with Crippen LogP contribution < -0.4 is 5.56 Å². The van der Waals surface area contributed by atoms with E-state index in [0.717, 1.165) is 38.7 Å². The Balaban J connectivity index is 1.56. The highest BCUT2D eigenvalue weighted by Gasteiger charge is 2.25. The minimum atomic E-state index is -0.550. The molecule has 0 bridgehead atoms. The molecule has 0 radical (unpaired) electrons. The van der Waals surface area contributed by atoms with E-state index in [1.54, 1.807) is 11.0 Å². The van der Waals surface area contributed by atoms with Gasteiger partial charge in [0.05, 0.1) is 0 Å². The summed E-state index contributed by atoms with van der Waals surface area (Å²) in [5.74, 6) is -0.0632. The summed E-state index contributed by atoms with van der Waals surface area (Å²) in [5.41, 5.74) is 5.24. The maximum Gasteiger partial charge on any atom is 0.410 e. The first-order chi connectivity index (χ1) is 18.6. The fourth-order valence-electron chi connectivity index (χ4n) is 5.01. The fraction of sp³-hybridized carbons (Fsp3) is 0.250. The van der Waals surface area contributed by atoms with Gasteiger partial charge in [-0.1, -0.05) is 59.6 Å². The number of hydrogen-bond donors (Lipinski definition) is 1. The molecule has 200 valence electrons. The van der Waals surface area contributed by atoms with Gasteiger partial charge in [-0.05, 0) is 91.4 Å². The first-order valence-electron chi connectivity index (χ1n) is 12.9. The van der Waals surface area contributed by atoms with E-state index in [4.69, 9.17) is 27.9 Å². The standard InChI is InChI=1S/C32H30Cl2N2O3/c1-32(2,3)39-31(38)36-16-14-20(15-17-36)26-19-29(37)35-28-13-8-23(18-27(26)28)30(21-4-9-24(33)10-5-21)22-6-11-25(34)12-7-22/h4-14,18-19,30H,15-17H2,1-3H3,(H,35,37). The van der Waals surface area contributed by atoms with Gasteiger partial charge in [0.15, 0.2) is 0 Å². The molecule has 7 heteroatoms. The summed E-state index contributed by atoms with van der Waals surface area (Å²) in [4.78, 5) is 29.8. The first kappa shape index (κ1) is 27.0. The topological polar surface area (TPSA) is 62.4 Å². The van der Waals surface area contributed by atoms with Crippen LogP contribution >= 0.6 is 23.2 Å². The van der Waals surface area contributed by atoms with Crippen molar-refractivity contribution in [2.75, 3.05) is 13.1 Å². The number of amides is 1. The van der Waals surface area contributed by atoms with Gasteiger partial charge in [0.25, 0.3) is 0 Å². The second kappa shape index (κ2) is 10.9. The molecule has 4 aromatic rings. The zero-order valence-electron chi connectivity index (χ0n) is 22.1. The molecule has 2 heterocycles. The van der Waals surface area contributed by atoms with Gasteiger partial charge >= 0.3 is 6.09 Å². The molecule has 5 nitrogen and oxygen atoms in total. The van der Waals surface area contributed by atoms with Crippen LogP contribution in [0.1, 0.15) is 55.4 Å². The van der Waals surface area contributed by atoms with Gasteiger partial charge in [0, 0.05) is 46.0 Å². The number of nitrogens with one attached hydrogen (secondary N) is 1. The van der Waals surface area contributed by atoms with Gasteiger partial charge in [-0.15, -0.1) is 0 Å². The number of fused-ring (bicyclic) bond motifs is 1. The maximum atomic E-state index is 12.6. The minimum Gasteiger partial charge on any atom is -0.444 e. The van der Waals surface area contributed by atoms with Crippen LogP contribution in [0.25, 0.3) is 16.5 Å². The van der Waals surface area contributed by atoms with Crippen LogP contribution in [0.5, 0.6) is 0 Å². The van der Waals surface area contributed by atoms with E-state index in [2.05, 4.69) is 17.1 Å². The molecule has 1 aliphatic rings. The van der Waals surface area contributed by atoms with Crippen LogP contribution in [0.4, 0.5) is 4.79 Å². The van der Waals surface area contributed by atoms with Crippen molar-refractivity contribution in [2.45, 2.75) is 38.7 Å². The van der Waals surface area contributed by atoms with Gasteiger partial charge < -0.3 is 14.6 Å². The number of pyridine rings is 1. The zero-order chi connectivity index (χ0) is 27.7. The Labute approximate surface area is 238 Å². The largest absolute Gasteiger partial charge is 0.444 e. The van der Waals surface area contributed by atoms with Crippen LogP contribution in [-0.2, 0) is 4.74 Å². The van der Waals surface area contributed by atoms with Crippen molar-refractivity contribution in [3.63, 3.8) is 0 Å². The number of aromatic amines is 1. The van der Waals surface area contributed by atoms with Crippen molar-refractivity contribution >= 4 is 45.8 Å². The lowest BCUT2D eigenvalue weighted by Crippen LogP contribution is -2.39. The lowest BCUT2D eigenvalue weighted by molar-refractivity contribution is 0.0270. The highest BCUT2D eigenvalue weighted by atomic mass is 35.5. The van der Waals surface area contributed by atoms with Gasteiger partial charge in [-0.2, -0.15) is 0 Å². The highest BCUT2D eigenvalue weighted by Crippen LogP contribution is 2.36. The Morgan fingerprint density at radius 2 is 1.49 bits per heavy atom. The maximum absolute atomic E-state index is 12.6. The third kappa shape index (κ3) is 6.21. The van der Waals surface area contributed by atoms with Crippen molar-refractivity contribution in [3.05, 3.63) is 122 Å². The minimum absolute atomic E-state index is 0.0632. The van der Waals surface area contributed by atoms with E-state index in [-0.39, 0.29) is 17.6 Å². The summed E-state index contributed by atoms with van der Waals surface area (Å²) in [6.45, 7) is 6.52. The molecule has 0 unspecified atom stereocenters. The Morgan fingerprint density at radius 1 is 0.897 bits per heavy atom. The van der Waals surface area contributed by atoms with Crippen molar-refractivity contribution < 1.29 is 9.53 Å². The zero-order valence-corrected chi connectivity index (χ0v) is 23.6. The quantitative estimate of drug-likeness (QED) is 0.257. The Hall–Kier alpha value is -3.54. The molecule has 1 N–H and O–H groups in total. The van der Waals surface area contributed by atoms with Crippen LogP contribution in [0.2, 0.25) is 10.0 Å². The number of rotatable bonds is 4. The van der Waals surface area contributed by atoms with Crippen LogP contribution in [-0.4, -0.2) is 34.7 Å². The number of benzene rings is 3. The molecule has 39 heavy (non-hydrogen) atoms. The third-order valence-electron chi connectivity index (χ3n) is 6.81. The second-order valence-electron chi connectivity index (χ2n) is 10.8. The summed E-state index contributed by atoms with van der Waals surface area (Å²) in [5, 5.41) is 2.31. The second-order valence-corrected chi connectivity index (χ2v) is 11.7. The number of halogens is 2. The number of ether oxygens (including phenoxy) is 1. The molecule has 1 aromatic heterocycles. The summed E-state index contributed by atoms with van der Waals surface area (Å²) in [6.07, 6.45) is 2.31. The Bertz CT molecular complexity index is 1550. The number of aromatic nitrogens is 1. The number of H-pyrrole nitrogens is 1. The molecule has 1 aliphatic heterocycles. The van der Waals surface area contributed by atoms with E-state index in [1.165, 1.54) is 0 Å². The molecular formula is C32H30Cl2N2O3. The predicted molar refractivity (Wildman–Crippen MR) is 159 cm³/mol. The summed E-state index contributed by atoms with van der Waals surface area (Å²) in [7, 11) is 0. The van der Waals surface area contributed by atoms with Crippen molar-refractivity contribution in [1.29, 1.82) is 0 Å². The average molecular weight is 562 g/mol. The predicted octanol–water partition coefficient (Wildman–Crippen LogP) is 8.04. The summed E-state index contributed by atoms with van der Waals surface area (Å²) in [6, 6.07) is 23.5. The van der Waals surface area contributed by atoms with E-state index >= 15 is 0 Å². The highest BCUT2D eigenvalue weighted by molar-refractivity contribution is 6.30. The Kier molecular flexibility index (Phi) is 7.57. The number of hydrogen-bond acceptors (Lipinski definition) is 3. The van der Waals surface area contributed by atoms with Gasteiger partial charge in [-0.3, -0.25) is 4.79 Å². The third-order valence-corrected chi connectivity index (χ3v) is 7.32. The van der Waals surface area contributed by atoms with E-state index in [0.29, 0.717) is 29.6 Å². The number of carbonyl (C=O) groups excluding carboxylic acids is 1. The molecule has 5 rings (SSSR count). The van der Waals surface area contributed by atoms with E-state index in [9.17, 15) is 9.59 Å². The lowest BCUT2D eigenvalue weighted by atomic mass is 9.84. The van der Waals surface area contributed by atoms with Crippen molar-refractivity contribution in [2.24, 2.45) is 0 Å². The first-order valence-corrected chi connectivity index (χ1v) is 13.7. The number of nitrogens with zero attached hydrogens (tertiary/aromatic N) is 1. The normalized spacial score (nSPS) is 14.0.